The molecule has 0 heterocycles. The third-order valence-electron chi connectivity index (χ3n) is 6.89. The standard InChI is InChI=1S/C25H33N3O2S/c1-22(2)13-24(5)12-16-11-23(3,4)20(19(29)18(16)25(30,14-22)15-24)27-28-21(31)26-17-9-7-6-8-10-17/h6-10,30H,11-15H2,1-5H3,(H2,26,28,31)/b27-20+/t24-,25-/m1/s1. The number of fused-ring (bicyclic) bond motifs is 3. The molecule has 6 heteroatoms. The number of nitrogens with one attached hydrogen (secondary N) is 2. The molecule has 1 aromatic rings. The summed E-state index contributed by atoms with van der Waals surface area (Å²) in [6.45, 7) is 10.7. The Morgan fingerprint density at radius 3 is 2.39 bits per heavy atom. The van der Waals surface area contributed by atoms with Gasteiger partial charge in [0.2, 0.25) is 5.78 Å². The fraction of sp³-hybridized carbons (Fsp3) is 0.560. The van der Waals surface area contributed by atoms with Crippen LogP contribution in [0.25, 0.3) is 0 Å². The fourth-order valence-corrected chi connectivity index (χ4v) is 6.79. The normalized spacial score (nSPS) is 32.5. The van der Waals surface area contributed by atoms with Gasteiger partial charge in [-0.25, -0.2) is 0 Å². The molecule has 0 saturated heterocycles. The number of rotatable bonds is 2. The lowest BCUT2D eigenvalue weighted by atomic mass is 9.49. The lowest BCUT2D eigenvalue weighted by Crippen LogP contribution is -2.56. The quantitative estimate of drug-likeness (QED) is 0.448. The van der Waals surface area contributed by atoms with Gasteiger partial charge in [-0.05, 0) is 67.3 Å². The number of carbonyl (C=O) groups is 1. The van der Waals surface area contributed by atoms with E-state index >= 15 is 0 Å². The number of allylic oxidation sites excluding steroid dienone is 1. The van der Waals surface area contributed by atoms with Gasteiger partial charge in [0.1, 0.15) is 5.71 Å². The number of aliphatic hydroxyl groups is 1. The molecule has 0 spiro atoms. The molecular formula is C25H33N3O2S. The zero-order chi connectivity index (χ0) is 22.7. The summed E-state index contributed by atoms with van der Waals surface area (Å²) in [6, 6.07) is 9.59. The molecule has 1 aromatic carbocycles. The lowest BCUT2D eigenvalue weighted by Gasteiger charge is -2.57. The van der Waals surface area contributed by atoms with Crippen LogP contribution in [0.1, 0.15) is 66.7 Å². The Morgan fingerprint density at radius 2 is 1.71 bits per heavy atom. The highest BCUT2D eigenvalue weighted by molar-refractivity contribution is 7.80. The molecule has 0 aliphatic heterocycles. The summed E-state index contributed by atoms with van der Waals surface area (Å²) in [4.78, 5) is 13.7. The molecule has 31 heavy (non-hydrogen) atoms. The summed E-state index contributed by atoms with van der Waals surface area (Å²) in [5.74, 6) is -0.136. The summed E-state index contributed by atoms with van der Waals surface area (Å²) in [5, 5.41) is 19.6. The van der Waals surface area contributed by atoms with Crippen LogP contribution in [0.5, 0.6) is 0 Å². The van der Waals surface area contributed by atoms with Gasteiger partial charge in [-0.2, -0.15) is 5.10 Å². The van der Waals surface area contributed by atoms with E-state index in [0.29, 0.717) is 29.2 Å². The summed E-state index contributed by atoms with van der Waals surface area (Å²) in [6.07, 6.45) is 3.91. The van der Waals surface area contributed by atoms with Gasteiger partial charge in [0.15, 0.2) is 5.11 Å². The molecule has 5 nitrogen and oxygen atoms in total. The SMILES string of the molecule is CC1(C)C[C@@]2(C)CC3=C(C(=O)/C(=N\NC(=S)Nc4ccccc4)C(C)(C)C3)[C@@](O)(C1)C2. The van der Waals surface area contributed by atoms with Gasteiger partial charge in [-0.15, -0.1) is 0 Å². The van der Waals surface area contributed by atoms with Gasteiger partial charge in [-0.3, -0.25) is 10.2 Å². The largest absolute Gasteiger partial charge is 0.385 e. The van der Waals surface area contributed by atoms with Gasteiger partial charge >= 0.3 is 0 Å². The number of Topliss-reactive ketones (excluding diaryl/α,β-unsaturated/α-hetero) is 1. The molecule has 1 saturated carbocycles. The second-order valence-corrected chi connectivity index (χ2v) is 11.9. The first kappa shape index (κ1) is 22.2. The second kappa shape index (κ2) is 7.24. The maximum Gasteiger partial charge on any atom is 0.208 e. The van der Waals surface area contributed by atoms with Crippen molar-refractivity contribution in [3.63, 3.8) is 0 Å². The van der Waals surface area contributed by atoms with Crippen molar-refractivity contribution in [3.8, 4) is 0 Å². The van der Waals surface area contributed by atoms with Crippen molar-refractivity contribution >= 4 is 34.5 Å². The first-order valence-electron chi connectivity index (χ1n) is 11.0. The Balaban J connectivity index is 1.63. The molecule has 2 bridgehead atoms. The second-order valence-electron chi connectivity index (χ2n) is 11.5. The third-order valence-corrected chi connectivity index (χ3v) is 7.09. The highest BCUT2D eigenvalue weighted by Crippen LogP contribution is 2.61. The Bertz CT molecular complexity index is 995. The minimum Gasteiger partial charge on any atom is -0.385 e. The van der Waals surface area contributed by atoms with Gasteiger partial charge in [0.25, 0.3) is 0 Å². The van der Waals surface area contributed by atoms with Crippen LogP contribution in [0.2, 0.25) is 0 Å². The van der Waals surface area contributed by atoms with Crippen molar-refractivity contribution in [2.45, 2.75) is 72.3 Å². The zero-order valence-electron chi connectivity index (χ0n) is 19.1. The highest BCUT2D eigenvalue weighted by atomic mass is 32.1. The topological polar surface area (TPSA) is 73.7 Å². The number of hydrogen-bond acceptors (Lipinski definition) is 4. The van der Waals surface area contributed by atoms with E-state index in [-0.39, 0.29) is 16.6 Å². The van der Waals surface area contributed by atoms with Gasteiger partial charge in [-0.1, -0.05) is 58.4 Å². The maximum atomic E-state index is 13.7. The number of carbonyl (C=O) groups excluding carboxylic acids is 1. The number of hydrogen-bond donors (Lipinski definition) is 3. The van der Waals surface area contributed by atoms with E-state index in [1.165, 1.54) is 0 Å². The molecule has 4 rings (SSSR count). The molecule has 1 fully saturated rings. The average molecular weight is 440 g/mol. The lowest BCUT2D eigenvalue weighted by molar-refractivity contribution is -0.119. The molecule has 3 aliphatic rings. The molecule has 3 N–H and O–H groups in total. The Morgan fingerprint density at radius 1 is 1.03 bits per heavy atom. The molecule has 0 radical (unpaired) electrons. The number of ketones is 1. The molecule has 2 atom stereocenters. The molecule has 166 valence electrons. The molecule has 0 unspecified atom stereocenters. The van der Waals surface area contributed by atoms with Crippen molar-refractivity contribution in [1.82, 2.24) is 5.43 Å². The van der Waals surface area contributed by atoms with Gasteiger partial charge in [0, 0.05) is 16.7 Å². The number of anilines is 1. The van der Waals surface area contributed by atoms with E-state index in [4.69, 9.17) is 12.2 Å². The monoisotopic (exact) mass is 439 g/mol. The molecule has 0 aromatic heterocycles. The maximum absolute atomic E-state index is 13.7. The first-order valence-corrected chi connectivity index (χ1v) is 11.4. The van der Waals surface area contributed by atoms with Crippen LogP contribution in [0.4, 0.5) is 5.69 Å². The van der Waals surface area contributed by atoms with Crippen LogP contribution in [-0.2, 0) is 4.79 Å². The van der Waals surface area contributed by atoms with Crippen molar-refractivity contribution in [1.29, 1.82) is 0 Å². The predicted molar refractivity (Wildman–Crippen MR) is 129 cm³/mol. The van der Waals surface area contributed by atoms with Crippen molar-refractivity contribution in [2.24, 2.45) is 21.3 Å². The van der Waals surface area contributed by atoms with Gasteiger partial charge < -0.3 is 10.4 Å². The highest BCUT2D eigenvalue weighted by Gasteiger charge is 2.58. The fourth-order valence-electron chi connectivity index (χ4n) is 6.63. The number of thiocarbonyl (C=S) groups is 1. The Kier molecular flexibility index (Phi) is 5.17. The summed E-state index contributed by atoms with van der Waals surface area (Å²) >= 11 is 5.37. The zero-order valence-corrected chi connectivity index (χ0v) is 19.9. The summed E-state index contributed by atoms with van der Waals surface area (Å²) in [5.41, 5.74) is 4.36. The Hall–Kier alpha value is -2.05. The first-order chi connectivity index (χ1) is 14.3. The molecular weight excluding hydrogens is 406 g/mol. The van der Waals surface area contributed by atoms with E-state index < -0.39 is 11.0 Å². The number of hydrazone groups is 1. The Labute approximate surface area is 190 Å². The van der Waals surface area contributed by atoms with Crippen LogP contribution in [0, 0.1) is 16.2 Å². The van der Waals surface area contributed by atoms with Crippen LogP contribution < -0.4 is 10.7 Å². The third kappa shape index (κ3) is 4.20. The number of benzene rings is 1. The average Bonchev–Trinajstić information content (AvgIpc) is 2.57. The van der Waals surface area contributed by atoms with Crippen LogP contribution >= 0.6 is 12.2 Å². The predicted octanol–water partition coefficient (Wildman–Crippen LogP) is 4.98. The minimum atomic E-state index is -1.08. The van der Waals surface area contributed by atoms with Crippen molar-refractivity contribution in [2.75, 3.05) is 5.32 Å². The van der Waals surface area contributed by atoms with E-state index in [1.807, 2.05) is 44.2 Å². The smallest absolute Gasteiger partial charge is 0.208 e. The van der Waals surface area contributed by atoms with Crippen LogP contribution in [0.15, 0.2) is 46.6 Å². The van der Waals surface area contributed by atoms with E-state index in [0.717, 1.165) is 30.5 Å². The van der Waals surface area contributed by atoms with Crippen LogP contribution in [0.3, 0.4) is 0 Å². The molecule has 3 aliphatic carbocycles. The van der Waals surface area contributed by atoms with Crippen molar-refractivity contribution in [3.05, 3.63) is 41.5 Å². The van der Waals surface area contributed by atoms with Gasteiger partial charge in [0.05, 0.1) is 5.60 Å². The summed E-state index contributed by atoms with van der Waals surface area (Å²) in [7, 11) is 0. The molecule has 0 amide bonds. The summed E-state index contributed by atoms with van der Waals surface area (Å²) < 4.78 is 0. The van der Waals surface area contributed by atoms with E-state index in [9.17, 15) is 9.90 Å². The number of para-hydroxylation sites is 1. The van der Waals surface area contributed by atoms with Crippen LogP contribution in [-0.4, -0.2) is 27.3 Å². The van der Waals surface area contributed by atoms with Crippen molar-refractivity contribution < 1.29 is 9.90 Å². The van der Waals surface area contributed by atoms with E-state index in [2.05, 4.69) is 36.6 Å². The van der Waals surface area contributed by atoms with E-state index in [1.54, 1.807) is 0 Å². The minimum absolute atomic E-state index is 0.00967. The number of nitrogens with zero attached hydrogens (tertiary/aromatic N) is 1.